The van der Waals surface area contributed by atoms with Crippen molar-refractivity contribution in [3.8, 4) is 17.2 Å². The minimum atomic E-state index is -0.744. The van der Waals surface area contributed by atoms with Crippen molar-refractivity contribution in [2.24, 2.45) is 5.92 Å². The van der Waals surface area contributed by atoms with E-state index in [1.54, 1.807) is 6.07 Å². The van der Waals surface area contributed by atoms with E-state index in [-0.39, 0.29) is 23.8 Å². The van der Waals surface area contributed by atoms with Crippen LogP contribution in [0, 0.1) is 11.7 Å². The average molecular weight is 404 g/mol. The number of fused-ring (bicyclic) bond motifs is 1. The SMILES string of the molecule is O=C(O)[C@H]1CC1c1ccc(OC2CCc3c(Oc4ccccc4)ccc(F)c32)cc1. The van der Waals surface area contributed by atoms with Crippen molar-refractivity contribution in [3.63, 3.8) is 0 Å². The fourth-order valence-electron chi connectivity index (χ4n) is 4.27. The van der Waals surface area contributed by atoms with E-state index in [0.29, 0.717) is 42.1 Å². The van der Waals surface area contributed by atoms with Gasteiger partial charge in [-0.15, -0.1) is 0 Å². The third kappa shape index (κ3) is 3.52. The van der Waals surface area contributed by atoms with Gasteiger partial charge in [-0.2, -0.15) is 0 Å². The van der Waals surface area contributed by atoms with Gasteiger partial charge in [0.1, 0.15) is 29.2 Å². The zero-order valence-electron chi connectivity index (χ0n) is 16.3. The normalized spacial score (nSPS) is 21.7. The van der Waals surface area contributed by atoms with Crippen LogP contribution in [0.3, 0.4) is 0 Å². The number of aliphatic carboxylic acids is 1. The first kappa shape index (κ1) is 18.7. The van der Waals surface area contributed by atoms with Crippen molar-refractivity contribution >= 4 is 5.97 Å². The number of carboxylic acid groups (broad SMARTS) is 1. The summed E-state index contributed by atoms with van der Waals surface area (Å²) in [4.78, 5) is 11.1. The lowest BCUT2D eigenvalue weighted by Gasteiger charge is -2.17. The van der Waals surface area contributed by atoms with Gasteiger partial charge in [-0.3, -0.25) is 4.79 Å². The fraction of sp³-hybridized carbons (Fsp3) is 0.240. The standard InChI is InChI=1S/C25H21FO4/c26-21-11-13-22(29-16-4-2-1-3-5-16)18-10-12-23(24(18)21)30-17-8-6-15(7-9-17)19-14-20(19)25(27)28/h1-9,11,13,19-20,23H,10,12,14H2,(H,27,28)/t19?,20-,23?/m0/s1. The highest BCUT2D eigenvalue weighted by molar-refractivity contribution is 5.75. The Morgan fingerprint density at radius 1 is 0.967 bits per heavy atom. The summed E-state index contributed by atoms with van der Waals surface area (Å²) in [6, 6.07) is 20.1. The van der Waals surface area contributed by atoms with E-state index in [0.717, 1.165) is 11.1 Å². The first-order valence-corrected chi connectivity index (χ1v) is 10.1. The van der Waals surface area contributed by atoms with Gasteiger partial charge in [0.25, 0.3) is 0 Å². The van der Waals surface area contributed by atoms with E-state index in [4.69, 9.17) is 14.6 Å². The summed E-state index contributed by atoms with van der Waals surface area (Å²) >= 11 is 0. The Hall–Kier alpha value is -3.34. The molecule has 3 atom stereocenters. The van der Waals surface area contributed by atoms with E-state index < -0.39 is 5.97 Å². The molecule has 30 heavy (non-hydrogen) atoms. The molecule has 2 aliphatic carbocycles. The minimum Gasteiger partial charge on any atom is -0.486 e. The van der Waals surface area contributed by atoms with Gasteiger partial charge in [-0.25, -0.2) is 4.39 Å². The van der Waals surface area contributed by atoms with Gasteiger partial charge in [0.15, 0.2) is 0 Å². The minimum absolute atomic E-state index is 0.0823. The maximum Gasteiger partial charge on any atom is 0.307 e. The summed E-state index contributed by atoms with van der Waals surface area (Å²) in [6.07, 6.45) is 1.66. The molecule has 4 nitrogen and oxygen atoms in total. The molecule has 1 saturated carbocycles. The molecule has 0 heterocycles. The van der Waals surface area contributed by atoms with Crippen molar-refractivity contribution < 1.29 is 23.8 Å². The van der Waals surface area contributed by atoms with Crippen molar-refractivity contribution in [2.45, 2.75) is 31.3 Å². The van der Waals surface area contributed by atoms with Crippen LogP contribution in [0.2, 0.25) is 0 Å². The molecule has 3 aromatic rings. The van der Waals surface area contributed by atoms with Gasteiger partial charge in [0.2, 0.25) is 0 Å². The zero-order valence-corrected chi connectivity index (χ0v) is 16.3. The largest absolute Gasteiger partial charge is 0.486 e. The van der Waals surface area contributed by atoms with E-state index >= 15 is 0 Å². The molecule has 0 amide bonds. The number of hydrogen-bond acceptors (Lipinski definition) is 3. The molecule has 3 aromatic carbocycles. The Bertz CT molecular complexity index is 1080. The Morgan fingerprint density at radius 2 is 1.73 bits per heavy atom. The summed E-state index contributed by atoms with van der Waals surface area (Å²) in [7, 11) is 0. The molecule has 5 rings (SSSR count). The number of hydrogen-bond donors (Lipinski definition) is 1. The second kappa shape index (κ2) is 7.48. The Morgan fingerprint density at radius 3 is 2.43 bits per heavy atom. The van der Waals surface area contributed by atoms with Crippen molar-refractivity contribution in [1.82, 2.24) is 0 Å². The highest BCUT2D eigenvalue weighted by Crippen LogP contribution is 2.48. The second-order valence-electron chi connectivity index (χ2n) is 7.85. The van der Waals surface area contributed by atoms with Crippen molar-refractivity contribution in [3.05, 3.63) is 89.2 Å². The van der Waals surface area contributed by atoms with Gasteiger partial charge in [-0.1, -0.05) is 30.3 Å². The van der Waals surface area contributed by atoms with Gasteiger partial charge >= 0.3 is 5.97 Å². The molecule has 0 saturated heterocycles. The van der Waals surface area contributed by atoms with Crippen molar-refractivity contribution in [2.75, 3.05) is 0 Å². The number of para-hydroxylation sites is 1. The summed E-state index contributed by atoms with van der Waals surface area (Å²) < 4.78 is 26.8. The van der Waals surface area contributed by atoms with Gasteiger partial charge in [0, 0.05) is 11.1 Å². The molecule has 0 bridgehead atoms. The Kier molecular flexibility index (Phi) is 4.66. The molecule has 1 N–H and O–H groups in total. The van der Waals surface area contributed by atoms with Crippen LogP contribution in [0.1, 0.15) is 41.6 Å². The van der Waals surface area contributed by atoms with E-state index in [9.17, 15) is 9.18 Å². The summed E-state index contributed by atoms with van der Waals surface area (Å²) in [6.45, 7) is 0. The molecule has 152 valence electrons. The molecule has 2 aliphatic rings. The van der Waals surface area contributed by atoms with E-state index in [1.165, 1.54) is 6.07 Å². The monoisotopic (exact) mass is 404 g/mol. The molecular formula is C25H21FO4. The number of ether oxygens (including phenoxy) is 2. The molecule has 0 radical (unpaired) electrons. The van der Waals surface area contributed by atoms with Crippen LogP contribution in [-0.2, 0) is 11.2 Å². The van der Waals surface area contributed by atoms with Crippen LogP contribution in [0.25, 0.3) is 0 Å². The average Bonchev–Trinajstić information content (AvgIpc) is 3.46. The van der Waals surface area contributed by atoms with Crippen LogP contribution in [0.4, 0.5) is 4.39 Å². The number of halogens is 1. The van der Waals surface area contributed by atoms with E-state index in [2.05, 4.69) is 0 Å². The van der Waals surface area contributed by atoms with Crippen LogP contribution in [-0.4, -0.2) is 11.1 Å². The van der Waals surface area contributed by atoms with Gasteiger partial charge in [-0.05, 0) is 67.1 Å². The molecule has 0 aliphatic heterocycles. The maximum atomic E-state index is 14.7. The van der Waals surface area contributed by atoms with Crippen LogP contribution in [0.5, 0.6) is 17.2 Å². The smallest absolute Gasteiger partial charge is 0.307 e. The summed E-state index contributed by atoms with van der Waals surface area (Å²) in [5.41, 5.74) is 2.41. The van der Waals surface area contributed by atoms with Crippen molar-refractivity contribution in [1.29, 1.82) is 0 Å². The number of rotatable bonds is 6. The third-order valence-corrected chi connectivity index (χ3v) is 5.90. The fourth-order valence-corrected chi connectivity index (χ4v) is 4.27. The van der Waals surface area contributed by atoms with Gasteiger partial charge < -0.3 is 14.6 Å². The lowest BCUT2D eigenvalue weighted by molar-refractivity contribution is -0.138. The predicted octanol–water partition coefficient (Wildman–Crippen LogP) is 5.87. The lowest BCUT2D eigenvalue weighted by atomic mass is 10.1. The highest BCUT2D eigenvalue weighted by Gasteiger charge is 2.44. The van der Waals surface area contributed by atoms with Crippen LogP contribution >= 0.6 is 0 Å². The molecule has 1 fully saturated rings. The first-order chi connectivity index (χ1) is 14.6. The van der Waals surface area contributed by atoms with Crippen LogP contribution < -0.4 is 9.47 Å². The zero-order chi connectivity index (χ0) is 20.7. The van der Waals surface area contributed by atoms with E-state index in [1.807, 2.05) is 54.6 Å². The topological polar surface area (TPSA) is 55.8 Å². The third-order valence-electron chi connectivity index (χ3n) is 5.90. The number of benzene rings is 3. The molecule has 0 aromatic heterocycles. The molecule has 2 unspecified atom stereocenters. The Labute approximate surface area is 173 Å². The van der Waals surface area contributed by atoms with Gasteiger partial charge in [0.05, 0.1) is 5.92 Å². The summed E-state index contributed by atoms with van der Waals surface area (Å²) in [5, 5.41) is 9.09. The number of carboxylic acids is 1. The highest BCUT2D eigenvalue weighted by atomic mass is 19.1. The molecule has 5 heteroatoms. The lowest BCUT2D eigenvalue weighted by Crippen LogP contribution is -2.06. The quantitative estimate of drug-likeness (QED) is 0.558. The molecular weight excluding hydrogens is 383 g/mol. The maximum absolute atomic E-state index is 14.7. The summed E-state index contributed by atoms with van der Waals surface area (Å²) in [5.74, 6) is 0.796. The molecule has 0 spiro atoms. The predicted molar refractivity (Wildman–Crippen MR) is 110 cm³/mol. The first-order valence-electron chi connectivity index (χ1n) is 10.1. The number of carbonyl (C=O) groups is 1. The van der Waals surface area contributed by atoms with Crippen LogP contribution in [0.15, 0.2) is 66.7 Å². The second-order valence-corrected chi connectivity index (χ2v) is 7.85. The Balaban J connectivity index is 1.34.